The van der Waals surface area contributed by atoms with Gasteiger partial charge in [-0.1, -0.05) is 12.1 Å². The van der Waals surface area contributed by atoms with Crippen LogP contribution in [0.15, 0.2) is 42.5 Å². The molecule has 0 spiro atoms. The van der Waals surface area contributed by atoms with E-state index in [0.717, 1.165) is 11.1 Å². The number of carbonyl (C=O) groups is 2. The van der Waals surface area contributed by atoms with Crippen molar-refractivity contribution in [2.24, 2.45) is 0 Å². The molecule has 2 aromatic rings. The Morgan fingerprint density at radius 1 is 1.10 bits per heavy atom. The number of ether oxygens (including phenoxy) is 1. The summed E-state index contributed by atoms with van der Waals surface area (Å²) in [5.74, 6) is -0.235. The summed E-state index contributed by atoms with van der Waals surface area (Å²) in [5, 5.41) is 8.83. The third kappa shape index (κ3) is 3.69. The number of hydrogen-bond donors (Lipinski definition) is 1. The number of hydrogen-bond acceptors (Lipinski definition) is 3. The van der Waals surface area contributed by atoms with Crippen LogP contribution in [-0.4, -0.2) is 16.9 Å². The van der Waals surface area contributed by atoms with Gasteiger partial charge in [0.15, 0.2) is 5.78 Å². The number of benzene rings is 2. The van der Waals surface area contributed by atoms with Gasteiger partial charge in [0, 0.05) is 5.56 Å². The molecule has 0 unspecified atom stereocenters. The quantitative estimate of drug-likeness (QED) is 0.854. The van der Waals surface area contributed by atoms with Crippen molar-refractivity contribution in [3.05, 3.63) is 64.7 Å². The molecule has 0 saturated heterocycles. The van der Waals surface area contributed by atoms with Crippen LogP contribution in [0.2, 0.25) is 0 Å². The van der Waals surface area contributed by atoms with E-state index in [0.29, 0.717) is 17.9 Å². The smallest absolute Gasteiger partial charge is 0.335 e. The predicted molar refractivity (Wildman–Crippen MR) is 78.9 cm³/mol. The van der Waals surface area contributed by atoms with Gasteiger partial charge < -0.3 is 9.84 Å². The van der Waals surface area contributed by atoms with E-state index >= 15 is 0 Å². The van der Waals surface area contributed by atoms with Crippen LogP contribution in [0.25, 0.3) is 0 Å². The van der Waals surface area contributed by atoms with Crippen molar-refractivity contribution in [2.75, 3.05) is 0 Å². The molecule has 0 aliphatic heterocycles. The molecule has 1 N–H and O–H groups in total. The third-order valence-electron chi connectivity index (χ3n) is 3.18. The van der Waals surface area contributed by atoms with Gasteiger partial charge in [-0.15, -0.1) is 0 Å². The van der Waals surface area contributed by atoms with Crippen molar-refractivity contribution in [3.63, 3.8) is 0 Å². The molecular weight excluding hydrogens is 268 g/mol. The van der Waals surface area contributed by atoms with Gasteiger partial charge in [-0.2, -0.15) is 0 Å². The van der Waals surface area contributed by atoms with Gasteiger partial charge in [-0.25, -0.2) is 4.79 Å². The lowest BCUT2D eigenvalue weighted by molar-refractivity contribution is 0.0696. The minimum absolute atomic E-state index is 0.0308. The average molecular weight is 284 g/mol. The SMILES string of the molecule is CC(=O)c1ccc(OCc2ccc(C(=O)O)cc2)cc1C. The van der Waals surface area contributed by atoms with Crippen molar-refractivity contribution < 1.29 is 19.4 Å². The van der Waals surface area contributed by atoms with Crippen molar-refractivity contribution in [1.29, 1.82) is 0 Å². The molecule has 2 rings (SSSR count). The van der Waals surface area contributed by atoms with E-state index in [4.69, 9.17) is 9.84 Å². The second-order valence-electron chi connectivity index (χ2n) is 4.82. The Bertz CT molecular complexity index is 672. The van der Waals surface area contributed by atoms with Crippen LogP contribution in [0, 0.1) is 6.92 Å². The monoisotopic (exact) mass is 284 g/mol. The molecule has 0 heterocycles. The van der Waals surface area contributed by atoms with Crippen LogP contribution in [0.4, 0.5) is 0 Å². The molecule has 0 aromatic heterocycles. The fraction of sp³-hybridized carbons (Fsp3) is 0.176. The van der Waals surface area contributed by atoms with Gasteiger partial charge in [0.2, 0.25) is 0 Å². The Morgan fingerprint density at radius 3 is 2.29 bits per heavy atom. The van der Waals surface area contributed by atoms with Crippen LogP contribution in [0.5, 0.6) is 5.75 Å². The molecule has 4 nitrogen and oxygen atoms in total. The molecule has 0 amide bonds. The van der Waals surface area contributed by atoms with E-state index in [2.05, 4.69) is 0 Å². The standard InChI is InChI=1S/C17H16O4/c1-11-9-15(7-8-16(11)12(2)18)21-10-13-3-5-14(6-4-13)17(19)20/h3-9H,10H2,1-2H3,(H,19,20). The lowest BCUT2D eigenvalue weighted by Crippen LogP contribution is -2.00. The highest BCUT2D eigenvalue weighted by Gasteiger charge is 2.06. The fourth-order valence-electron chi connectivity index (χ4n) is 2.03. The molecule has 0 radical (unpaired) electrons. The van der Waals surface area contributed by atoms with Crippen molar-refractivity contribution in [3.8, 4) is 5.75 Å². The Hall–Kier alpha value is -2.62. The first-order valence-corrected chi connectivity index (χ1v) is 6.54. The first-order valence-electron chi connectivity index (χ1n) is 6.54. The van der Waals surface area contributed by atoms with Crippen LogP contribution < -0.4 is 4.74 Å². The zero-order valence-corrected chi connectivity index (χ0v) is 11.9. The normalized spacial score (nSPS) is 10.2. The zero-order chi connectivity index (χ0) is 15.4. The van der Waals surface area contributed by atoms with Gasteiger partial charge in [0.1, 0.15) is 12.4 Å². The summed E-state index contributed by atoms with van der Waals surface area (Å²) < 4.78 is 5.65. The lowest BCUT2D eigenvalue weighted by atomic mass is 10.1. The highest BCUT2D eigenvalue weighted by atomic mass is 16.5. The Balaban J connectivity index is 2.04. The van der Waals surface area contributed by atoms with Crippen LogP contribution in [0.1, 0.15) is 38.8 Å². The highest BCUT2D eigenvalue weighted by Crippen LogP contribution is 2.19. The minimum Gasteiger partial charge on any atom is -0.489 e. The summed E-state index contributed by atoms with van der Waals surface area (Å²) in [6, 6.07) is 11.9. The number of rotatable bonds is 5. The highest BCUT2D eigenvalue weighted by molar-refractivity contribution is 5.95. The number of ketones is 1. The van der Waals surface area contributed by atoms with E-state index in [1.54, 1.807) is 36.4 Å². The van der Waals surface area contributed by atoms with E-state index < -0.39 is 5.97 Å². The minimum atomic E-state index is -0.946. The van der Waals surface area contributed by atoms with Gasteiger partial charge in [0.25, 0.3) is 0 Å². The fourth-order valence-corrected chi connectivity index (χ4v) is 2.03. The third-order valence-corrected chi connectivity index (χ3v) is 3.18. The summed E-state index contributed by atoms with van der Waals surface area (Å²) in [6.45, 7) is 3.75. The van der Waals surface area contributed by atoms with Crippen molar-refractivity contribution >= 4 is 11.8 Å². The maximum absolute atomic E-state index is 11.4. The molecule has 108 valence electrons. The van der Waals surface area contributed by atoms with Crippen LogP contribution in [-0.2, 0) is 6.61 Å². The predicted octanol–water partition coefficient (Wildman–Crippen LogP) is 3.47. The number of Topliss-reactive ketones (excluding diaryl/α,β-unsaturated/α-hetero) is 1. The van der Waals surface area contributed by atoms with Gasteiger partial charge in [-0.05, 0) is 55.3 Å². The first-order chi connectivity index (χ1) is 9.97. The molecule has 0 aliphatic carbocycles. The topological polar surface area (TPSA) is 63.6 Å². The molecule has 21 heavy (non-hydrogen) atoms. The number of aryl methyl sites for hydroxylation is 1. The second-order valence-corrected chi connectivity index (χ2v) is 4.82. The molecule has 0 saturated carbocycles. The van der Waals surface area contributed by atoms with Crippen molar-refractivity contribution in [2.45, 2.75) is 20.5 Å². The van der Waals surface area contributed by atoms with E-state index in [1.165, 1.54) is 6.92 Å². The van der Waals surface area contributed by atoms with E-state index in [1.807, 2.05) is 13.0 Å². The average Bonchev–Trinajstić information content (AvgIpc) is 2.45. The lowest BCUT2D eigenvalue weighted by Gasteiger charge is -2.09. The first kappa shape index (κ1) is 14.8. The van der Waals surface area contributed by atoms with Gasteiger partial charge in [0.05, 0.1) is 5.56 Å². The molecule has 4 heteroatoms. The second kappa shape index (κ2) is 6.22. The largest absolute Gasteiger partial charge is 0.489 e. The molecule has 0 fully saturated rings. The molecule has 0 aliphatic rings. The number of carboxylic acids is 1. The maximum atomic E-state index is 11.4. The Labute approximate surface area is 123 Å². The molecular formula is C17H16O4. The summed E-state index contributed by atoms with van der Waals surface area (Å²) in [7, 11) is 0. The van der Waals surface area contributed by atoms with Crippen LogP contribution >= 0.6 is 0 Å². The summed E-state index contributed by atoms with van der Waals surface area (Å²) in [5.41, 5.74) is 2.70. The number of carbonyl (C=O) groups excluding carboxylic acids is 1. The number of aromatic carboxylic acids is 1. The van der Waals surface area contributed by atoms with Gasteiger partial charge >= 0.3 is 5.97 Å². The van der Waals surface area contributed by atoms with Crippen LogP contribution in [0.3, 0.4) is 0 Å². The van der Waals surface area contributed by atoms with Crippen molar-refractivity contribution in [1.82, 2.24) is 0 Å². The Morgan fingerprint density at radius 2 is 1.76 bits per heavy atom. The summed E-state index contributed by atoms with van der Waals surface area (Å²) >= 11 is 0. The number of carboxylic acid groups (broad SMARTS) is 1. The summed E-state index contributed by atoms with van der Waals surface area (Å²) in [6.07, 6.45) is 0. The molecule has 0 bridgehead atoms. The zero-order valence-electron chi connectivity index (χ0n) is 11.9. The van der Waals surface area contributed by atoms with E-state index in [9.17, 15) is 9.59 Å². The van der Waals surface area contributed by atoms with Gasteiger partial charge in [-0.3, -0.25) is 4.79 Å². The molecule has 0 atom stereocenters. The Kier molecular flexibility index (Phi) is 4.38. The maximum Gasteiger partial charge on any atom is 0.335 e. The summed E-state index contributed by atoms with van der Waals surface area (Å²) in [4.78, 5) is 22.1. The van der Waals surface area contributed by atoms with E-state index in [-0.39, 0.29) is 11.3 Å². The molecule has 2 aromatic carbocycles.